The summed E-state index contributed by atoms with van der Waals surface area (Å²) in [6, 6.07) is 15.1. The van der Waals surface area contributed by atoms with Gasteiger partial charge in [0.25, 0.3) is 5.91 Å². The molecule has 0 saturated carbocycles. The van der Waals surface area contributed by atoms with Crippen LogP contribution in [0.3, 0.4) is 0 Å². The van der Waals surface area contributed by atoms with Crippen molar-refractivity contribution in [1.82, 2.24) is 14.9 Å². The second-order valence-corrected chi connectivity index (χ2v) is 6.64. The molecule has 1 heterocycles. The summed E-state index contributed by atoms with van der Waals surface area (Å²) in [5.74, 6) is 1.37. The van der Waals surface area contributed by atoms with Gasteiger partial charge in [0.05, 0.1) is 0 Å². The third-order valence-electron chi connectivity index (χ3n) is 4.24. The first-order valence-electron chi connectivity index (χ1n) is 8.86. The zero-order chi connectivity index (χ0) is 19.2. The van der Waals surface area contributed by atoms with Crippen LogP contribution in [0.4, 0.5) is 0 Å². The van der Waals surface area contributed by atoms with E-state index in [1.807, 2.05) is 48.9 Å². The monoisotopic (exact) mass is 383 g/mol. The summed E-state index contributed by atoms with van der Waals surface area (Å²) < 4.78 is 7.78. The van der Waals surface area contributed by atoms with Crippen LogP contribution in [0.1, 0.15) is 24.7 Å². The number of rotatable bonds is 7. The number of aryl methyl sites for hydroxylation is 1. The number of carbonyl (C=O) groups is 1. The van der Waals surface area contributed by atoms with Gasteiger partial charge in [-0.05, 0) is 49.2 Å². The molecule has 0 aliphatic carbocycles. The van der Waals surface area contributed by atoms with Crippen molar-refractivity contribution in [3.05, 3.63) is 77.3 Å². The summed E-state index contributed by atoms with van der Waals surface area (Å²) in [5, 5.41) is 3.51. The van der Waals surface area contributed by atoms with Gasteiger partial charge in [0.2, 0.25) is 0 Å². The Morgan fingerprint density at radius 1 is 1.26 bits per heavy atom. The number of hydrogen-bond donors (Lipinski definition) is 1. The SMILES string of the molecule is CC[C@H](Oc1cccc(Cl)c1)C(=O)NCc1ccc(-n2ccnc2C)cc1. The maximum absolute atomic E-state index is 12.5. The Morgan fingerprint density at radius 3 is 2.67 bits per heavy atom. The number of hydrogen-bond acceptors (Lipinski definition) is 3. The minimum absolute atomic E-state index is 0.146. The van der Waals surface area contributed by atoms with Crippen LogP contribution in [0.5, 0.6) is 5.75 Å². The molecular formula is C21H22ClN3O2. The number of halogens is 1. The summed E-state index contributed by atoms with van der Waals surface area (Å²) in [6.45, 7) is 4.31. The van der Waals surface area contributed by atoms with E-state index in [9.17, 15) is 4.79 Å². The van der Waals surface area contributed by atoms with Crippen molar-refractivity contribution in [2.75, 3.05) is 0 Å². The van der Waals surface area contributed by atoms with Gasteiger partial charge >= 0.3 is 0 Å². The summed E-state index contributed by atoms with van der Waals surface area (Å²) in [6.07, 6.45) is 3.70. The lowest BCUT2D eigenvalue weighted by molar-refractivity contribution is -0.128. The lowest BCUT2D eigenvalue weighted by Crippen LogP contribution is -2.37. The molecule has 27 heavy (non-hydrogen) atoms. The Bertz CT molecular complexity index is 906. The third-order valence-corrected chi connectivity index (χ3v) is 4.48. The maximum atomic E-state index is 12.5. The Morgan fingerprint density at radius 2 is 2.04 bits per heavy atom. The first-order valence-corrected chi connectivity index (χ1v) is 9.24. The molecule has 1 atom stereocenters. The molecule has 3 rings (SSSR count). The van der Waals surface area contributed by atoms with E-state index in [4.69, 9.17) is 16.3 Å². The topological polar surface area (TPSA) is 56.1 Å². The van der Waals surface area contributed by atoms with Crippen molar-refractivity contribution < 1.29 is 9.53 Å². The van der Waals surface area contributed by atoms with Crippen LogP contribution in [0.2, 0.25) is 5.02 Å². The van der Waals surface area contributed by atoms with Gasteiger partial charge in [0.15, 0.2) is 6.10 Å². The minimum Gasteiger partial charge on any atom is -0.481 e. The van der Waals surface area contributed by atoms with Gasteiger partial charge in [0, 0.05) is 29.6 Å². The molecule has 6 heteroatoms. The molecule has 0 bridgehead atoms. The van der Waals surface area contributed by atoms with Crippen LogP contribution in [0.15, 0.2) is 60.9 Å². The molecule has 0 saturated heterocycles. The summed E-state index contributed by atoms with van der Waals surface area (Å²) in [7, 11) is 0. The largest absolute Gasteiger partial charge is 0.481 e. The molecule has 0 aliphatic heterocycles. The Balaban J connectivity index is 1.58. The van der Waals surface area contributed by atoms with Crippen molar-refractivity contribution in [3.8, 4) is 11.4 Å². The molecule has 0 fully saturated rings. The van der Waals surface area contributed by atoms with E-state index in [1.165, 1.54) is 0 Å². The Hall–Kier alpha value is -2.79. The van der Waals surface area contributed by atoms with Crippen molar-refractivity contribution in [3.63, 3.8) is 0 Å². The van der Waals surface area contributed by atoms with Crippen molar-refractivity contribution >= 4 is 17.5 Å². The Kier molecular flexibility index (Phi) is 6.14. The number of nitrogens with zero attached hydrogens (tertiary/aromatic N) is 2. The highest BCUT2D eigenvalue weighted by Gasteiger charge is 2.18. The van der Waals surface area contributed by atoms with E-state index < -0.39 is 6.10 Å². The average Bonchev–Trinajstić information content (AvgIpc) is 3.10. The van der Waals surface area contributed by atoms with Crippen molar-refractivity contribution in [2.24, 2.45) is 0 Å². The van der Waals surface area contributed by atoms with E-state index in [1.54, 1.807) is 30.5 Å². The zero-order valence-corrected chi connectivity index (χ0v) is 16.1. The molecule has 0 radical (unpaired) electrons. The average molecular weight is 384 g/mol. The molecule has 0 spiro atoms. The summed E-state index contributed by atoms with van der Waals surface area (Å²) >= 11 is 5.97. The van der Waals surface area contributed by atoms with Crippen LogP contribution in [0, 0.1) is 6.92 Å². The van der Waals surface area contributed by atoms with Crippen molar-refractivity contribution in [2.45, 2.75) is 32.9 Å². The first-order chi connectivity index (χ1) is 13.1. The molecule has 0 aliphatic rings. The molecule has 5 nitrogen and oxygen atoms in total. The number of ether oxygens (including phenoxy) is 1. The number of amides is 1. The molecule has 3 aromatic rings. The summed E-state index contributed by atoms with van der Waals surface area (Å²) in [4.78, 5) is 16.7. The predicted octanol–water partition coefficient (Wildman–Crippen LogP) is 4.31. The number of aromatic nitrogens is 2. The van der Waals surface area contributed by atoms with Crippen LogP contribution in [-0.2, 0) is 11.3 Å². The van der Waals surface area contributed by atoms with E-state index in [2.05, 4.69) is 10.3 Å². The van der Waals surface area contributed by atoms with E-state index in [0.717, 1.165) is 17.1 Å². The summed E-state index contributed by atoms with van der Waals surface area (Å²) in [5.41, 5.74) is 2.05. The zero-order valence-electron chi connectivity index (χ0n) is 15.4. The lowest BCUT2D eigenvalue weighted by Gasteiger charge is -2.17. The highest BCUT2D eigenvalue weighted by atomic mass is 35.5. The Labute approximate surface area is 164 Å². The molecule has 1 N–H and O–H groups in total. The number of benzene rings is 2. The molecule has 2 aromatic carbocycles. The van der Waals surface area contributed by atoms with Crippen LogP contribution < -0.4 is 10.1 Å². The second-order valence-electron chi connectivity index (χ2n) is 6.20. The van der Waals surface area contributed by atoms with Crippen LogP contribution in [-0.4, -0.2) is 21.6 Å². The lowest BCUT2D eigenvalue weighted by atomic mass is 10.2. The molecule has 140 valence electrons. The first kappa shape index (κ1) is 19.0. The molecular weight excluding hydrogens is 362 g/mol. The van der Waals surface area contributed by atoms with Gasteiger partial charge in [-0.15, -0.1) is 0 Å². The number of imidazole rings is 1. The van der Waals surface area contributed by atoms with Crippen LogP contribution >= 0.6 is 11.6 Å². The normalized spacial score (nSPS) is 11.8. The molecule has 0 unspecified atom stereocenters. The fourth-order valence-corrected chi connectivity index (χ4v) is 2.94. The van der Waals surface area contributed by atoms with E-state index in [0.29, 0.717) is 23.7 Å². The van der Waals surface area contributed by atoms with Gasteiger partial charge in [-0.2, -0.15) is 0 Å². The van der Waals surface area contributed by atoms with Gasteiger partial charge < -0.3 is 14.6 Å². The van der Waals surface area contributed by atoms with Gasteiger partial charge in [0.1, 0.15) is 11.6 Å². The highest BCUT2D eigenvalue weighted by Crippen LogP contribution is 2.19. The van der Waals surface area contributed by atoms with Crippen molar-refractivity contribution in [1.29, 1.82) is 0 Å². The predicted molar refractivity (Wildman–Crippen MR) is 106 cm³/mol. The van der Waals surface area contributed by atoms with E-state index >= 15 is 0 Å². The highest BCUT2D eigenvalue weighted by molar-refractivity contribution is 6.30. The number of carbonyl (C=O) groups excluding carboxylic acids is 1. The molecule has 1 aromatic heterocycles. The quantitative estimate of drug-likeness (QED) is 0.661. The number of nitrogens with one attached hydrogen (secondary N) is 1. The van der Waals surface area contributed by atoms with Crippen LogP contribution in [0.25, 0.3) is 5.69 Å². The minimum atomic E-state index is -0.559. The fourth-order valence-electron chi connectivity index (χ4n) is 2.76. The smallest absolute Gasteiger partial charge is 0.261 e. The van der Waals surface area contributed by atoms with Gasteiger partial charge in [-0.1, -0.05) is 36.7 Å². The standard InChI is InChI=1S/C21H22ClN3O2/c1-3-20(27-19-6-4-5-17(22)13-19)21(26)24-14-16-7-9-18(10-8-16)25-12-11-23-15(25)2/h4-13,20H,3,14H2,1-2H3,(H,24,26)/t20-/m0/s1. The molecule has 1 amide bonds. The van der Waals surface area contributed by atoms with Gasteiger partial charge in [-0.25, -0.2) is 4.98 Å². The van der Waals surface area contributed by atoms with E-state index in [-0.39, 0.29) is 5.91 Å². The van der Waals surface area contributed by atoms with Gasteiger partial charge in [-0.3, -0.25) is 4.79 Å². The second kappa shape index (κ2) is 8.73. The third kappa shape index (κ3) is 4.89. The fraction of sp³-hybridized carbons (Fsp3) is 0.238. The maximum Gasteiger partial charge on any atom is 0.261 e.